The Bertz CT molecular complexity index is 705. The van der Waals surface area contributed by atoms with Gasteiger partial charge in [-0.25, -0.2) is 5.43 Å². The lowest BCUT2D eigenvalue weighted by molar-refractivity contribution is -0.136. The predicted octanol–water partition coefficient (Wildman–Crippen LogP) is 1.14. The van der Waals surface area contributed by atoms with Crippen LogP contribution in [0.15, 0.2) is 35.6 Å². The third-order valence-electron chi connectivity index (χ3n) is 3.60. The number of piperidine rings is 1. The molecule has 0 bridgehead atoms. The van der Waals surface area contributed by atoms with Gasteiger partial charge in [0.05, 0.1) is 6.21 Å². The molecule has 0 spiro atoms. The standard InChI is InChI=1S/C15H16N4O2/c20-14-12(5-3-7-16-14)15(21)19-18-9-10-8-17-13-6-2-1-4-11(10)13/h1-2,4,6,8-9,12,17H,3,5,7H2,(H,16,20)(H,19,21)/b18-9+. The molecule has 108 valence electrons. The third kappa shape index (κ3) is 2.79. The van der Waals surface area contributed by atoms with E-state index in [1.54, 1.807) is 6.21 Å². The summed E-state index contributed by atoms with van der Waals surface area (Å²) in [7, 11) is 0. The maximum Gasteiger partial charge on any atom is 0.252 e. The Morgan fingerprint density at radius 1 is 1.38 bits per heavy atom. The molecule has 0 saturated carbocycles. The number of carbonyl (C=O) groups is 2. The van der Waals surface area contributed by atoms with Gasteiger partial charge in [0, 0.05) is 29.2 Å². The van der Waals surface area contributed by atoms with Crippen molar-refractivity contribution in [2.24, 2.45) is 11.0 Å². The topological polar surface area (TPSA) is 86.3 Å². The van der Waals surface area contributed by atoms with Gasteiger partial charge in [-0.1, -0.05) is 18.2 Å². The van der Waals surface area contributed by atoms with Gasteiger partial charge in [0.2, 0.25) is 5.91 Å². The zero-order chi connectivity index (χ0) is 14.7. The van der Waals surface area contributed by atoms with Crippen molar-refractivity contribution in [1.82, 2.24) is 15.7 Å². The zero-order valence-electron chi connectivity index (χ0n) is 11.4. The van der Waals surface area contributed by atoms with Gasteiger partial charge in [0.25, 0.3) is 5.91 Å². The molecule has 21 heavy (non-hydrogen) atoms. The highest BCUT2D eigenvalue weighted by molar-refractivity contribution is 6.02. The van der Waals surface area contributed by atoms with Crippen molar-refractivity contribution >= 4 is 28.9 Å². The molecule has 1 aliphatic rings. The number of H-pyrrole nitrogens is 1. The van der Waals surface area contributed by atoms with Crippen LogP contribution in [0, 0.1) is 5.92 Å². The summed E-state index contributed by atoms with van der Waals surface area (Å²) in [6.45, 7) is 0.640. The summed E-state index contributed by atoms with van der Waals surface area (Å²) in [5.74, 6) is -1.22. The summed E-state index contributed by atoms with van der Waals surface area (Å²) in [6.07, 6.45) is 4.79. The van der Waals surface area contributed by atoms with Crippen LogP contribution in [0.4, 0.5) is 0 Å². The number of hydrogen-bond acceptors (Lipinski definition) is 3. The molecule has 2 aromatic rings. The van der Waals surface area contributed by atoms with E-state index in [2.05, 4.69) is 20.8 Å². The predicted molar refractivity (Wildman–Crippen MR) is 79.8 cm³/mol. The fraction of sp³-hybridized carbons (Fsp3) is 0.267. The molecule has 6 nitrogen and oxygen atoms in total. The van der Waals surface area contributed by atoms with Crippen LogP contribution in [0.3, 0.4) is 0 Å². The van der Waals surface area contributed by atoms with E-state index in [4.69, 9.17) is 0 Å². The van der Waals surface area contributed by atoms with Crippen LogP contribution in [-0.2, 0) is 9.59 Å². The molecule has 1 aliphatic heterocycles. The molecular weight excluding hydrogens is 268 g/mol. The second kappa shape index (κ2) is 5.78. The lowest BCUT2D eigenvalue weighted by Gasteiger charge is -2.19. The molecule has 1 saturated heterocycles. The first-order valence-corrected chi connectivity index (χ1v) is 6.92. The van der Waals surface area contributed by atoms with Gasteiger partial charge in [-0.15, -0.1) is 0 Å². The van der Waals surface area contributed by atoms with Crippen LogP contribution in [0.1, 0.15) is 18.4 Å². The van der Waals surface area contributed by atoms with Gasteiger partial charge in [-0.05, 0) is 18.9 Å². The SMILES string of the molecule is O=C1NCCCC1C(=O)N/N=C/c1c[nH]c2ccccc12. The minimum absolute atomic E-state index is 0.221. The van der Waals surface area contributed by atoms with E-state index in [0.717, 1.165) is 22.9 Å². The van der Waals surface area contributed by atoms with Crippen LogP contribution < -0.4 is 10.7 Å². The van der Waals surface area contributed by atoms with Crippen LogP contribution >= 0.6 is 0 Å². The summed E-state index contributed by atoms with van der Waals surface area (Å²) >= 11 is 0. The second-order valence-electron chi connectivity index (χ2n) is 5.01. The van der Waals surface area contributed by atoms with Gasteiger partial charge in [-0.3, -0.25) is 9.59 Å². The van der Waals surface area contributed by atoms with Gasteiger partial charge in [0.1, 0.15) is 5.92 Å². The number of hydrazone groups is 1. The van der Waals surface area contributed by atoms with Crippen LogP contribution in [0.2, 0.25) is 0 Å². The summed E-state index contributed by atoms with van der Waals surface area (Å²) in [5, 5.41) is 7.67. The number of nitrogens with one attached hydrogen (secondary N) is 3. The fourth-order valence-electron chi connectivity index (χ4n) is 2.47. The van der Waals surface area contributed by atoms with Crippen molar-refractivity contribution in [3.8, 4) is 0 Å². The van der Waals surface area contributed by atoms with Gasteiger partial charge < -0.3 is 10.3 Å². The molecular formula is C15H16N4O2. The Labute approximate surface area is 121 Å². The normalized spacial score (nSPS) is 18.9. The number of hydrogen-bond donors (Lipinski definition) is 3. The summed E-state index contributed by atoms with van der Waals surface area (Å²) in [5.41, 5.74) is 4.34. The molecule has 2 amide bonds. The van der Waals surface area contributed by atoms with Crippen LogP contribution in [-0.4, -0.2) is 29.6 Å². The molecule has 3 rings (SSSR count). The van der Waals surface area contributed by atoms with E-state index in [1.807, 2.05) is 30.5 Å². The number of aromatic nitrogens is 1. The number of rotatable bonds is 3. The van der Waals surface area contributed by atoms with Crippen molar-refractivity contribution < 1.29 is 9.59 Å². The Balaban J connectivity index is 1.66. The van der Waals surface area contributed by atoms with Gasteiger partial charge >= 0.3 is 0 Å². The molecule has 0 radical (unpaired) electrons. The first-order chi connectivity index (χ1) is 10.3. The number of amides is 2. The number of nitrogens with zero attached hydrogens (tertiary/aromatic N) is 1. The average molecular weight is 284 g/mol. The molecule has 2 heterocycles. The van der Waals surface area contributed by atoms with E-state index in [0.29, 0.717) is 13.0 Å². The van der Waals surface area contributed by atoms with Crippen LogP contribution in [0.25, 0.3) is 10.9 Å². The molecule has 3 N–H and O–H groups in total. The number of carbonyl (C=O) groups excluding carboxylic acids is 2. The summed E-state index contributed by atoms with van der Waals surface area (Å²) in [6, 6.07) is 7.84. The molecule has 1 fully saturated rings. The van der Waals surface area contributed by atoms with Crippen molar-refractivity contribution in [1.29, 1.82) is 0 Å². The highest BCUT2D eigenvalue weighted by Crippen LogP contribution is 2.15. The summed E-state index contributed by atoms with van der Waals surface area (Å²) < 4.78 is 0. The molecule has 0 aliphatic carbocycles. The summed E-state index contributed by atoms with van der Waals surface area (Å²) in [4.78, 5) is 26.6. The van der Waals surface area contributed by atoms with Crippen LogP contribution in [0.5, 0.6) is 0 Å². The first kappa shape index (κ1) is 13.4. The maximum absolute atomic E-state index is 11.9. The first-order valence-electron chi connectivity index (χ1n) is 6.92. The fourth-order valence-corrected chi connectivity index (χ4v) is 2.47. The van der Waals surface area contributed by atoms with Gasteiger partial charge in [-0.2, -0.15) is 5.10 Å². The largest absolute Gasteiger partial charge is 0.361 e. The molecule has 1 atom stereocenters. The number of benzene rings is 1. The molecule has 1 aromatic heterocycles. The number of aromatic amines is 1. The van der Waals surface area contributed by atoms with E-state index in [-0.39, 0.29) is 11.8 Å². The Morgan fingerprint density at radius 2 is 2.24 bits per heavy atom. The molecule has 6 heteroatoms. The Hall–Kier alpha value is -2.63. The minimum Gasteiger partial charge on any atom is -0.361 e. The monoisotopic (exact) mass is 284 g/mol. The molecule has 1 aromatic carbocycles. The second-order valence-corrected chi connectivity index (χ2v) is 5.01. The lowest BCUT2D eigenvalue weighted by Crippen LogP contribution is -2.43. The van der Waals surface area contributed by atoms with E-state index < -0.39 is 5.92 Å². The van der Waals surface area contributed by atoms with E-state index >= 15 is 0 Å². The zero-order valence-corrected chi connectivity index (χ0v) is 11.4. The Kier molecular flexibility index (Phi) is 3.68. The highest BCUT2D eigenvalue weighted by atomic mass is 16.2. The van der Waals surface area contributed by atoms with E-state index in [9.17, 15) is 9.59 Å². The smallest absolute Gasteiger partial charge is 0.252 e. The van der Waals surface area contributed by atoms with Crippen molar-refractivity contribution in [2.45, 2.75) is 12.8 Å². The number of para-hydroxylation sites is 1. The third-order valence-corrected chi connectivity index (χ3v) is 3.60. The lowest BCUT2D eigenvalue weighted by atomic mass is 9.98. The van der Waals surface area contributed by atoms with E-state index in [1.165, 1.54) is 0 Å². The highest BCUT2D eigenvalue weighted by Gasteiger charge is 2.28. The van der Waals surface area contributed by atoms with Crippen molar-refractivity contribution in [3.05, 3.63) is 36.0 Å². The van der Waals surface area contributed by atoms with Crippen molar-refractivity contribution in [2.75, 3.05) is 6.54 Å². The molecule has 1 unspecified atom stereocenters. The maximum atomic E-state index is 11.9. The quantitative estimate of drug-likeness (QED) is 0.448. The van der Waals surface area contributed by atoms with Gasteiger partial charge in [0.15, 0.2) is 0 Å². The Morgan fingerprint density at radius 3 is 3.10 bits per heavy atom. The number of fused-ring (bicyclic) bond motifs is 1. The average Bonchev–Trinajstić information content (AvgIpc) is 2.91. The van der Waals surface area contributed by atoms with Crippen molar-refractivity contribution in [3.63, 3.8) is 0 Å². The minimum atomic E-state index is -0.640.